The Bertz CT molecular complexity index is 160. The number of allylic oxidation sites excluding steroid dienone is 1. The molecule has 0 bridgehead atoms. The Morgan fingerprint density at radius 3 is 2.92 bits per heavy atom. The van der Waals surface area contributed by atoms with E-state index in [1.165, 1.54) is 12.8 Å². The zero-order valence-electron chi connectivity index (χ0n) is 7.72. The van der Waals surface area contributed by atoms with Gasteiger partial charge in [-0.2, -0.15) is 0 Å². The van der Waals surface area contributed by atoms with E-state index in [0.29, 0.717) is 11.7 Å². The molecule has 0 heterocycles. The third kappa shape index (κ3) is 2.80. The Labute approximate surface area is 74.9 Å². The molecule has 12 heavy (non-hydrogen) atoms. The Kier molecular flexibility index (Phi) is 4.06. The normalized spacial score (nSPS) is 23.0. The van der Waals surface area contributed by atoms with Gasteiger partial charge in [-0.15, -0.1) is 6.58 Å². The minimum absolute atomic E-state index is 0.412. The molecule has 1 fully saturated rings. The Morgan fingerprint density at radius 2 is 2.33 bits per heavy atom. The number of carbonyl (C=O) groups excluding carboxylic acids is 1. The zero-order valence-corrected chi connectivity index (χ0v) is 7.72. The molecule has 0 amide bonds. The Hall–Kier alpha value is -0.590. The highest BCUT2D eigenvalue weighted by Crippen LogP contribution is 2.26. The van der Waals surface area contributed by atoms with Crippen molar-refractivity contribution in [1.29, 1.82) is 0 Å². The van der Waals surface area contributed by atoms with E-state index in [-0.39, 0.29) is 0 Å². The highest BCUT2D eigenvalue weighted by Gasteiger charge is 2.23. The highest BCUT2D eigenvalue weighted by molar-refractivity contribution is 5.82. The van der Waals surface area contributed by atoms with Crippen molar-refractivity contribution in [2.24, 2.45) is 5.92 Å². The van der Waals surface area contributed by atoms with Gasteiger partial charge in [0.05, 0.1) is 0 Å². The SMILES string of the molecule is C=CCCCC[C@@H]1CCCC1=O. The van der Waals surface area contributed by atoms with E-state index in [1.807, 2.05) is 6.08 Å². The summed E-state index contributed by atoms with van der Waals surface area (Å²) in [6.45, 7) is 3.68. The smallest absolute Gasteiger partial charge is 0.135 e. The molecule has 0 aromatic rings. The molecule has 68 valence electrons. The van der Waals surface area contributed by atoms with Crippen molar-refractivity contribution in [3.8, 4) is 0 Å². The lowest BCUT2D eigenvalue weighted by Crippen LogP contribution is -2.05. The van der Waals surface area contributed by atoms with Gasteiger partial charge in [0.1, 0.15) is 5.78 Å². The van der Waals surface area contributed by atoms with E-state index in [4.69, 9.17) is 0 Å². The summed E-state index contributed by atoms with van der Waals surface area (Å²) in [4.78, 5) is 11.2. The summed E-state index contributed by atoms with van der Waals surface area (Å²) in [5.74, 6) is 0.920. The fourth-order valence-corrected chi connectivity index (χ4v) is 1.87. The molecule has 1 rings (SSSR count). The Balaban J connectivity index is 2.06. The van der Waals surface area contributed by atoms with Crippen molar-refractivity contribution < 1.29 is 4.79 Å². The van der Waals surface area contributed by atoms with E-state index < -0.39 is 0 Å². The zero-order chi connectivity index (χ0) is 8.81. The molecule has 0 aromatic heterocycles. The van der Waals surface area contributed by atoms with Gasteiger partial charge in [-0.3, -0.25) is 4.79 Å². The first-order valence-electron chi connectivity index (χ1n) is 4.98. The molecule has 0 radical (unpaired) electrons. The third-order valence-electron chi connectivity index (χ3n) is 2.64. The Morgan fingerprint density at radius 1 is 1.50 bits per heavy atom. The van der Waals surface area contributed by atoms with Gasteiger partial charge in [0.25, 0.3) is 0 Å². The van der Waals surface area contributed by atoms with Crippen LogP contribution in [0.15, 0.2) is 12.7 Å². The molecule has 0 spiro atoms. The molecule has 0 aromatic carbocycles. The van der Waals surface area contributed by atoms with Crippen molar-refractivity contribution in [1.82, 2.24) is 0 Å². The first-order chi connectivity index (χ1) is 5.84. The molecule has 1 aliphatic carbocycles. The fraction of sp³-hybridized carbons (Fsp3) is 0.727. The van der Waals surface area contributed by atoms with Crippen LogP contribution in [0.3, 0.4) is 0 Å². The fourth-order valence-electron chi connectivity index (χ4n) is 1.87. The van der Waals surface area contributed by atoms with Crippen LogP contribution in [0.4, 0.5) is 0 Å². The molecule has 1 heteroatoms. The quantitative estimate of drug-likeness (QED) is 0.453. The molecule has 1 saturated carbocycles. The van der Waals surface area contributed by atoms with Crippen LogP contribution >= 0.6 is 0 Å². The first kappa shape index (κ1) is 9.50. The summed E-state index contributed by atoms with van der Waals surface area (Å²) in [5.41, 5.74) is 0. The number of hydrogen-bond donors (Lipinski definition) is 0. The molecule has 1 aliphatic rings. The van der Waals surface area contributed by atoms with Gasteiger partial charge in [-0.05, 0) is 32.1 Å². The largest absolute Gasteiger partial charge is 0.299 e. The van der Waals surface area contributed by atoms with Crippen molar-refractivity contribution >= 4 is 5.78 Å². The lowest BCUT2D eigenvalue weighted by atomic mass is 9.99. The molecule has 0 saturated heterocycles. The van der Waals surface area contributed by atoms with Crippen LogP contribution in [0.25, 0.3) is 0 Å². The van der Waals surface area contributed by atoms with Gasteiger partial charge >= 0.3 is 0 Å². The monoisotopic (exact) mass is 166 g/mol. The van der Waals surface area contributed by atoms with E-state index in [9.17, 15) is 4.79 Å². The molecule has 0 unspecified atom stereocenters. The minimum atomic E-state index is 0.412. The standard InChI is InChI=1S/C11H18O/c1-2-3-4-5-7-10-8-6-9-11(10)12/h2,10H,1,3-9H2/t10-/m1/s1. The minimum Gasteiger partial charge on any atom is -0.299 e. The third-order valence-corrected chi connectivity index (χ3v) is 2.64. The molecule has 0 N–H and O–H groups in total. The van der Waals surface area contributed by atoms with Crippen LogP contribution in [-0.4, -0.2) is 5.78 Å². The second kappa shape index (κ2) is 5.13. The van der Waals surface area contributed by atoms with E-state index in [2.05, 4.69) is 6.58 Å². The van der Waals surface area contributed by atoms with E-state index in [1.54, 1.807) is 0 Å². The van der Waals surface area contributed by atoms with Crippen LogP contribution in [-0.2, 0) is 4.79 Å². The summed E-state index contributed by atoms with van der Waals surface area (Å²) >= 11 is 0. The van der Waals surface area contributed by atoms with E-state index in [0.717, 1.165) is 32.1 Å². The van der Waals surface area contributed by atoms with Crippen LogP contribution < -0.4 is 0 Å². The predicted molar refractivity (Wildman–Crippen MR) is 51.0 cm³/mol. The lowest BCUT2D eigenvalue weighted by Gasteiger charge is -2.05. The highest BCUT2D eigenvalue weighted by atomic mass is 16.1. The number of carbonyl (C=O) groups is 1. The van der Waals surface area contributed by atoms with Gasteiger partial charge in [-0.1, -0.05) is 12.5 Å². The number of unbranched alkanes of at least 4 members (excludes halogenated alkanes) is 2. The summed E-state index contributed by atoms with van der Waals surface area (Å²) in [6.07, 6.45) is 9.68. The van der Waals surface area contributed by atoms with Crippen LogP contribution in [0.2, 0.25) is 0 Å². The number of Topliss-reactive ketones (excluding diaryl/α,β-unsaturated/α-hetero) is 1. The van der Waals surface area contributed by atoms with Crippen molar-refractivity contribution in [3.63, 3.8) is 0 Å². The van der Waals surface area contributed by atoms with Crippen molar-refractivity contribution in [3.05, 3.63) is 12.7 Å². The summed E-state index contributed by atoms with van der Waals surface area (Å²) in [6, 6.07) is 0. The maximum atomic E-state index is 11.2. The molecule has 0 aliphatic heterocycles. The first-order valence-corrected chi connectivity index (χ1v) is 4.98. The van der Waals surface area contributed by atoms with Crippen molar-refractivity contribution in [2.45, 2.75) is 44.9 Å². The number of hydrogen-bond acceptors (Lipinski definition) is 1. The summed E-state index contributed by atoms with van der Waals surface area (Å²) in [5, 5.41) is 0. The van der Waals surface area contributed by atoms with Gasteiger partial charge in [0, 0.05) is 12.3 Å². The maximum Gasteiger partial charge on any atom is 0.135 e. The average molecular weight is 166 g/mol. The summed E-state index contributed by atoms with van der Waals surface area (Å²) in [7, 11) is 0. The topological polar surface area (TPSA) is 17.1 Å². The second-order valence-corrected chi connectivity index (χ2v) is 3.63. The van der Waals surface area contributed by atoms with Gasteiger partial charge in [0.2, 0.25) is 0 Å². The van der Waals surface area contributed by atoms with Crippen LogP contribution in [0.5, 0.6) is 0 Å². The molecule has 1 atom stereocenters. The second-order valence-electron chi connectivity index (χ2n) is 3.63. The van der Waals surface area contributed by atoms with Crippen LogP contribution in [0.1, 0.15) is 44.9 Å². The molecular formula is C11H18O. The van der Waals surface area contributed by atoms with E-state index >= 15 is 0 Å². The van der Waals surface area contributed by atoms with Gasteiger partial charge in [0.15, 0.2) is 0 Å². The number of rotatable bonds is 5. The molecule has 1 nitrogen and oxygen atoms in total. The lowest BCUT2D eigenvalue weighted by molar-refractivity contribution is -0.120. The predicted octanol–water partition coefficient (Wildman–Crippen LogP) is 3.10. The maximum absolute atomic E-state index is 11.2. The van der Waals surface area contributed by atoms with Gasteiger partial charge in [-0.25, -0.2) is 0 Å². The summed E-state index contributed by atoms with van der Waals surface area (Å²) < 4.78 is 0. The van der Waals surface area contributed by atoms with Gasteiger partial charge < -0.3 is 0 Å². The van der Waals surface area contributed by atoms with Crippen molar-refractivity contribution in [2.75, 3.05) is 0 Å². The average Bonchev–Trinajstić information content (AvgIpc) is 2.46. The van der Waals surface area contributed by atoms with Crippen LogP contribution in [0, 0.1) is 5.92 Å². The molecular weight excluding hydrogens is 148 g/mol. The number of ketones is 1.